The van der Waals surface area contributed by atoms with E-state index >= 15 is 0 Å². The predicted octanol–water partition coefficient (Wildman–Crippen LogP) is 1.45. The first kappa shape index (κ1) is 13.8. The highest BCUT2D eigenvalue weighted by atomic mass is 16.5. The van der Waals surface area contributed by atoms with Crippen LogP contribution in [0.1, 0.15) is 46.0 Å². The van der Waals surface area contributed by atoms with Gasteiger partial charge in [0.15, 0.2) is 0 Å². The van der Waals surface area contributed by atoms with Crippen LogP contribution in [0.25, 0.3) is 0 Å². The first-order valence-corrected chi connectivity index (χ1v) is 7.27. The SMILES string of the molecule is CCC1CCCCC1NC(=O)COC1(C)CNC1. The van der Waals surface area contributed by atoms with Crippen molar-refractivity contribution in [2.45, 2.75) is 57.6 Å². The molecule has 0 radical (unpaired) electrons. The zero-order chi connectivity index (χ0) is 13.0. The average molecular weight is 254 g/mol. The quantitative estimate of drug-likeness (QED) is 0.781. The van der Waals surface area contributed by atoms with Crippen molar-refractivity contribution in [3.8, 4) is 0 Å². The Labute approximate surface area is 110 Å². The van der Waals surface area contributed by atoms with Crippen LogP contribution in [0.15, 0.2) is 0 Å². The Bertz CT molecular complexity index is 290. The Balaban J connectivity index is 1.72. The second kappa shape index (κ2) is 6.02. The summed E-state index contributed by atoms with van der Waals surface area (Å²) in [7, 11) is 0. The second-order valence-corrected chi connectivity index (χ2v) is 5.97. The van der Waals surface area contributed by atoms with Crippen molar-refractivity contribution in [3.05, 3.63) is 0 Å². The Morgan fingerprint density at radius 1 is 1.39 bits per heavy atom. The van der Waals surface area contributed by atoms with E-state index in [0.717, 1.165) is 25.9 Å². The molecule has 0 aromatic carbocycles. The number of rotatable bonds is 5. The first-order valence-electron chi connectivity index (χ1n) is 7.27. The fourth-order valence-corrected chi connectivity index (χ4v) is 2.95. The molecule has 0 aromatic rings. The van der Waals surface area contributed by atoms with Crippen molar-refractivity contribution in [1.82, 2.24) is 10.6 Å². The van der Waals surface area contributed by atoms with Gasteiger partial charge in [-0.05, 0) is 25.7 Å². The maximum atomic E-state index is 11.9. The standard InChI is InChI=1S/C14H26N2O2/c1-3-11-6-4-5-7-12(11)16-13(17)8-18-14(2)9-15-10-14/h11-12,15H,3-10H2,1-2H3,(H,16,17). The third-order valence-corrected chi connectivity index (χ3v) is 4.33. The molecule has 1 heterocycles. The van der Waals surface area contributed by atoms with E-state index < -0.39 is 0 Å². The van der Waals surface area contributed by atoms with Crippen molar-refractivity contribution in [3.63, 3.8) is 0 Å². The summed E-state index contributed by atoms with van der Waals surface area (Å²) in [5.74, 6) is 0.706. The van der Waals surface area contributed by atoms with E-state index in [-0.39, 0.29) is 18.1 Å². The van der Waals surface area contributed by atoms with Gasteiger partial charge in [-0.1, -0.05) is 26.2 Å². The molecular weight excluding hydrogens is 228 g/mol. The van der Waals surface area contributed by atoms with E-state index in [9.17, 15) is 4.79 Å². The lowest BCUT2D eigenvalue weighted by Gasteiger charge is -2.39. The minimum Gasteiger partial charge on any atom is -0.363 e. The Morgan fingerprint density at radius 3 is 2.72 bits per heavy atom. The van der Waals surface area contributed by atoms with E-state index in [1.54, 1.807) is 0 Å². The summed E-state index contributed by atoms with van der Waals surface area (Å²) in [6, 6.07) is 0.368. The molecule has 1 aliphatic heterocycles. The molecule has 2 N–H and O–H groups in total. The molecule has 18 heavy (non-hydrogen) atoms. The third-order valence-electron chi connectivity index (χ3n) is 4.33. The van der Waals surface area contributed by atoms with Gasteiger partial charge in [-0.2, -0.15) is 0 Å². The number of ether oxygens (including phenoxy) is 1. The minimum absolute atomic E-state index is 0.0495. The first-order chi connectivity index (χ1) is 8.63. The Morgan fingerprint density at radius 2 is 2.11 bits per heavy atom. The molecule has 0 spiro atoms. The highest BCUT2D eigenvalue weighted by Gasteiger charge is 2.33. The maximum Gasteiger partial charge on any atom is 0.246 e. The van der Waals surface area contributed by atoms with Crippen molar-refractivity contribution >= 4 is 5.91 Å². The van der Waals surface area contributed by atoms with Crippen LogP contribution in [0.5, 0.6) is 0 Å². The van der Waals surface area contributed by atoms with Gasteiger partial charge in [0.1, 0.15) is 6.61 Å². The molecule has 0 bridgehead atoms. The van der Waals surface area contributed by atoms with Crippen LogP contribution in [0.3, 0.4) is 0 Å². The van der Waals surface area contributed by atoms with Crippen LogP contribution in [0.2, 0.25) is 0 Å². The second-order valence-electron chi connectivity index (χ2n) is 5.97. The number of amides is 1. The van der Waals surface area contributed by atoms with Gasteiger partial charge < -0.3 is 15.4 Å². The monoisotopic (exact) mass is 254 g/mol. The summed E-state index contributed by atoms with van der Waals surface area (Å²) in [5.41, 5.74) is -0.131. The molecule has 2 rings (SSSR count). The lowest BCUT2D eigenvalue weighted by atomic mass is 9.83. The molecular formula is C14H26N2O2. The van der Waals surface area contributed by atoms with Crippen molar-refractivity contribution in [1.29, 1.82) is 0 Å². The van der Waals surface area contributed by atoms with E-state index in [2.05, 4.69) is 17.6 Å². The van der Waals surface area contributed by atoms with Crippen molar-refractivity contribution in [2.24, 2.45) is 5.92 Å². The molecule has 2 unspecified atom stereocenters. The maximum absolute atomic E-state index is 11.9. The number of carbonyl (C=O) groups is 1. The fourth-order valence-electron chi connectivity index (χ4n) is 2.95. The normalized spacial score (nSPS) is 30.6. The van der Waals surface area contributed by atoms with Crippen LogP contribution in [-0.4, -0.2) is 37.2 Å². The van der Waals surface area contributed by atoms with E-state index in [1.165, 1.54) is 19.3 Å². The van der Waals surface area contributed by atoms with Gasteiger partial charge in [-0.15, -0.1) is 0 Å². The minimum atomic E-state index is -0.131. The van der Waals surface area contributed by atoms with Gasteiger partial charge in [0.05, 0.1) is 5.60 Å². The van der Waals surface area contributed by atoms with Crippen LogP contribution in [0, 0.1) is 5.92 Å². The highest BCUT2D eigenvalue weighted by molar-refractivity contribution is 5.77. The molecule has 2 aliphatic rings. The molecule has 1 saturated heterocycles. The Kier molecular flexibility index (Phi) is 4.62. The van der Waals surface area contributed by atoms with Crippen LogP contribution >= 0.6 is 0 Å². The van der Waals surface area contributed by atoms with Gasteiger partial charge in [-0.3, -0.25) is 4.79 Å². The number of hydrogen-bond donors (Lipinski definition) is 2. The molecule has 1 aliphatic carbocycles. The number of hydrogen-bond acceptors (Lipinski definition) is 3. The van der Waals surface area contributed by atoms with Crippen LogP contribution in [0.4, 0.5) is 0 Å². The third kappa shape index (κ3) is 3.45. The molecule has 2 atom stereocenters. The van der Waals surface area contributed by atoms with Gasteiger partial charge >= 0.3 is 0 Å². The number of nitrogens with one attached hydrogen (secondary N) is 2. The highest BCUT2D eigenvalue weighted by Crippen LogP contribution is 2.26. The van der Waals surface area contributed by atoms with Crippen LogP contribution in [-0.2, 0) is 9.53 Å². The van der Waals surface area contributed by atoms with E-state index in [1.807, 2.05) is 6.92 Å². The smallest absolute Gasteiger partial charge is 0.246 e. The molecule has 2 fully saturated rings. The summed E-state index contributed by atoms with van der Waals surface area (Å²) in [5, 5.41) is 6.32. The molecule has 104 valence electrons. The van der Waals surface area contributed by atoms with Crippen LogP contribution < -0.4 is 10.6 Å². The molecule has 1 saturated carbocycles. The predicted molar refractivity (Wildman–Crippen MR) is 71.4 cm³/mol. The Hall–Kier alpha value is -0.610. The summed E-state index contributed by atoms with van der Waals surface area (Å²) in [4.78, 5) is 11.9. The lowest BCUT2D eigenvalue weighted by molar-refractivity contribution is -0.137. The zero-order valence-electron chi connectivity index (χ0n) is 11.6. The molecule has 4 heteroatoms. The van der Waals surface area contributed by atoms with Crippen molar-refractivity contribution in [2.75, 3.05) is 19.7 Å². The van der Waals surface area contributed by atoms with Gasteiger partial charge in [0.2, 0.25) is 5.91 Å². The van der Waals surface area contributed by atoms with Gasteiger partial charge in [0.25, 0.3) is 0 Å². The largest absolute Gasteiger partial charge is 0.363 e. The number of carbonyl (C=O) groups excluding carboxylic acids is 1. The topological polar surface area (TPSA) is 50.4 Å². The lowest BCUT2D eigenvalue weighted by Crippen LogP contribution is -2.60. The van der Waals surface area contributed by atoms with E-state index in [4.69, 9.17) is 4.74 Å². The van der Waals surface area contributed by atoms with Gasteiger partial charge in [0, 0.05) is 19.1 Å². The van der Waals surface area contributed by atoms with E-state index in [0.29, 0.717) is 12.0 Å². The summed E-state index contributed by atoms with van der Waals surface area (Å²) in [6.07, 6.45) is 6.09. The summed E-state index contributed by atoms with van der Waals surface area (Å²) in [6.45, 7) is 6.16. The molecule has 4 nitrogen and oxygen atoms in total. The fraction of sp³-hybridized carbons (Fsp3) is 0.929. The summed E-state index contributed by atoms with van der Waals surface area (Å²) < 4.78 is 5.66. The molecule has 1 amide bonds. The van der Waals surface area contributed by atoms with Crippen molar-refractivity contribution < 1.29 is 9.53 Å². The molecule has 0 aromatic heterocycles. The average Bonchev–Trinajstić information content (AvgIpc) is 2.35. The van der Waals surface area contributed by atoms with Gasteiger partial charge in [-0.25, -0.2) is 0 Å². The summed E-state index contributed by atoms with van der Waals surface area (Å²) >= 11 is 0. The zero-order valence-corrected chi connectivity index (χ0v) is 11.6.